The second-order valence-corrected chi connectivity index (χ2v) is 2.78. The summed E-state index contributed by atoms with van der Waals surface area (Å²) in [6.45, 7) is 0. The molecule has 0 amide bonds. The topological polar surface area (TPSA) is 34.0 Å². The first kappa shape index (κ1) is 10.4. The second kappa shape index (κ2) is 5.17. The van der Waals surface area contributed by atoms with Gasteiger partial charge in [-0.15, -0.1) is 0 Å². The van der Waals surface area contributed by atoms with E-state index in [1.807, 2.05) is 18.2 Å². The molecule has 0 bridgehead atoms. The molecule has 0 aliphatic carbocycles. The maximum absolute atomic E-state index is 5.20. The third kappa shape index (κ3) is 2.42. The molecule has 0 atom stereocenters. The van der Waals surface area contributed by atoms with Gasteiger partial charge < -0.3 is 4.74 Å². The van der Waals surface area contributed by atoms with Crippen LogP contribution < -0.4 is 4.74 Å². The van der Waals surface area contributed by atoms with Gasteiger partial charge in [0.05, 0.1) is 7.11 Å². The van der Waals surface area contributed by atoms with E-state index in [2.05, 4.69) is 9.98 Å². The Balaban J connectivity index is 3.13. The Morgan fingerprint density at radius 2 is 1.86 bits per heavy atom. The van der Waals surface area contributed by atoms with Crippen molar-refractivity contribution in [1.29, 1.82) is 0 Å². The molecule has 0 saturated heterocycles. The van der Waals surface area contributed by atoms with Crippen molar-refractivity contribution in [1.82, 2.24) is 0 Å². The highest BCUT2D eigenvalue weighted by atomic mass is 16.5. The number of methoxy groups -OCH3 is 1. The van der Waals surface area contributed by atoms with Gasteiger partial charge in [-0.3, -0.25) is 9.98 Å². The molecule has 0 aliphatic heterocycles. The number of nitrogens with zero attached hydrogens (tertiary/aromatic N) is 2. The fourth-order valence-corrected chi connectivity index (χ4v) is 1.22. The molecule has 0 N–H and O–H groups in total. The van der Waals surface area contributed by atoms with Gasteiger partial charge in [0, 0.05) is 32.1 Å². The van der Waals surface area contributed by atoms with Crippen LogP contribution in [0.25, 0.3) is 0 Å². The summed E-state index contributed by atoms with van der Waals surface area (Å²) in [7, 11) is 5.13. The van der Waals surface area contributed by atoms with Gasteiger partial charge in [-0.1, -0.05) is 0 Å². The molecule has 3 nitrogen and oxygen atoms in total. The van der Waals surface area contributed by atoms with Crippen LogP contribution in [-0.2, 0) is 0 Å². The highest BCUT2D eigenvalue weighted by Crippen LogP contribution is 2.17. The van der Waals surface area contributed by atoms with Crippen molar-refractivity contribution in [2.24, 2.45) is 9.98 Å². The summed E-state index contributed by atoms with van der Waals surface area (Å²) in [5, 5.41) is 0. The highest BCUT2D eigenvalue weighted by Gasteiger charge is 2.00. The molecule has 0 radical (unpaired) electrons. The van der Waals surface area contributed by atoms with Gasteiger partial charge in [-0.2, -0.15) is 0 Å². The summed E-state index contributed by atoms with van der Waals surface area (Å²) in [5.74, 6) is 0.823. The first-order valence-electron chi connectivity index (χ1n) is 4.34. The van der Waals surface area contributed by atoms with Gasteiger partial charge >= 0.3 is 0 Å². The van der Waals surface area contributed by atoms with Crippen LogP contribution in [0.15, 0.2) is 28.2 Å². The molecule has 1 aromatic rings. The summed E-state index contributed by atoms with van der Waals surface area (Å²) in [6, 6.07) is 5.85. The molecule has 0 spiro atoms. The van der Waals surface area contributed by atoms with E-state index in [1.54, 1.807) is 33.6 Å². The van der Waals surface area contributed by atoms with Crippen molar-refractivity contribution in [3.05, 3.63) is 29.3 Å². The minimum atomic E-state index is 0.823. The number of ether oxygens (including phenoxy) is 1. The van der Waals surface area contributed by atoms with Crippen LogP contribution in [0.2, 0.25) is 0 Å². The van der Waals surface area contributed by atoms with E-state index >= 15 is 0 Å². The SMILES string of the molecule is CN=Cc1ccc(OC)c(C=NC)c1. The summed E-state index contributed by atoms with van der Waals surface area (Å²) in [6.07, 6.45) is 3.57. The Labute approximate surface area is 84.2 Å². The molecule has 0 saturated carbocycles. The molecule has 74 valence electrons. The molecule has 0 aromatic heterocycles. The van der Waals surface area contributed by atoms with E-state index in [-0.39, 0.29) is 0 Å². The van der Waals surface area contributed by atoms with Crippen molar-refractivity contribution in [2.75, 3.05) is 21.2 Å². The smallest absolute Gasteiger partial charge is 0.127 e. The lowest BCUT2D eigenvalue weighted by Crippen LogP contribution is -1.93. The van der Waals surface area contributed by atoms with E-state index < -0.39 is 0 Å². The Morgan fingerprint density at radius 1 is 1.14 bits per heavy atom. The van der Waals surface area contributed by atoms with Crippen LogP contribution in [0.4, 0.5) is 0 Å². The fraction of sp³-hybridized carbons (Fsp3) is 0.273. The lowest BCUT2D eigenvalue weighted by atomic mass is 10.1. The normalized spacial score (nSPS) is 11.4. The quantitative estimate of drug-likeness (QED) is 0.669. The number of hydrogen-bond acceptors (Lipinski definition) is 3. The minimum absolute atomic E-state index is 0.823. The first-order chi connectivity index (χ1) is 6.81. The zero-order valence-corrected chi connectivity index (χ0v) is 8.69. The minimum Gasteiger partial charge on any atom is -0.496 e. The highest BCUT2D eigenvalue weighted by molar-refractivity contribution is 5.88. The van der Waals surface area contributed by atoms with Crippen LogP contribution in [-0.4, -0.2) is 33.6 Å². The second-order valence-electron chi connectivity index (χ2n) is 2.78. The van der Waals surface area contributed by atoms with E-state index in [0.29, 0.717) is 0 Å². The Hall–Kier alpha value is -1.64. The fourth-order valence-electron chi connectivity index (χ4n) is 1.22. The number of hydrogen-bond donors (Lipinski definition) is 0. The molecule has 3 heteroatoms. The van der Waals surface area contributed by atoms with Gasteiger partial charge in [-0.05, 0) is 23.8 Å². The van der Waals surface area contributed by atoms with Gasteiger partial charge in [0.25, 0.3) is 0 Å². The lowest BCUT2D eigenvalue weighted by molar-refractivity contribution is 0.414. The summed E-state index contributed by atoms with van der Waals surface area (Å²) < 4.78 is 5.20. The molecular formula is C11H14N2O. The monoisotopic (exact) mass is 190 g/mol. The van der Waals surface area contributed by atoms with Crippen LogP contribution in [0.3, 0.4) is 0 Å². The van der Waals surface area contributed by atoms with Crippen LogP contribution >= 0.6 is 0 Å². The average Bonchev–Trinajstić information content (AvgIpc) is 2.19. The van der Waals surface area contributed by atoms with Crippen molar-refractivity contribution in [2.45, 2.75) is 0 Å². The molecule has 0 unspecified atom stereocenters. The van der Waals surface area contributed by atoms with E-state index in [4.69, 9.17) is 4.74 Å². The van der Waals surface area contributed by atoms with Crippen molar-refractivity contribution in [3.63, 3.8) is 0 Å². The summed E-state index contributed by atoms with van der Waals surface area (Å²) in [5.41, 5.74) is 2.01. The molecule has 0 heterocycles. The van der Waals surface area contributed by atoms with Gasteiger partial charge in [0.1, 0.15) is 5.75 Å². The Bertz CT molecular complexity index is 356. The predicted octanol–water partition coefficient (Wildman–Crippen LogP) is 1.79. The molecule has 14 heavy (non-hydrogen) atoms. The molecule has 0 fully saturated rings. The summed E-state index contributed by atoms with van der Waals surface area (Å²) >= 11 is 0. The van der Waals surface area contributed by atoms with Crippen LogP contribution in [0.1, 0.15) is 11.1 Å². The predicted molar refractivity (Wildman–Crippen MR) is 60.0 cm³/mol. The van der Waals surface area contributed by atoms with Crippen LogP contribution in [0.5, 0.6) is 5.75 Å². The molecule has 1 aromatic carbocycles. The number of rotatable bonds is 3. The first-order valence-corrected chi connectivity index (χ1v) is 4.34. The molecule has 0 aliphatic rings. The van der Waals surface area contributed by atoms with Crippen molar-refractivity contribution >= 4 is 12.4 Å². The largest absolute Gasteiger partial charge is 0.496 e. The molecule has 1 rings (SSSR count). The van der Waals surface area contributed by atoms with E-state index in [0.717, 1.165) is 16.9 Å². The average molecular weight is 190 g/mol. The lowest BCUT2D eigenvalue weighted by Gasteiger charge is -2.04. The maximum Gasteiger partial charge on any atom is 0.127 e. The molecular weight excluding hydrogens is 176 g/mol. The standard InChI is InChI=1S/C11H14N2O/c1-12-7-9-4-5-11(14-3)10(6-9)8-13-2/h4-8H,1-3H3. The van der Waals surface area contributed by atoms with E-state index in [1.165, 1.54) is 0 Å². The third-order valence-corrected chi connectivity index (χ3v) is 1.80. The van der Waals surface area contributed by atoms with Gasteiger partial charge in [0.15, 0.2) is 0 Å². The van der Waals surface area contributed by atoms with Gasteiger partial charge in [-0.25, -0.2) is 0 Å². The van der Waals surface area contributed by atoms with Crippen molar-refractivity contribution in [3.8, 4) is 5.75 Å². The Kier molecular flexibility index (Phi) is 3.85. The maximum atomic E-state index is 5.20. The van der Waals surface area contributed by atoms with Crippen molar-refractivity contribution < 1.29 is 4.74 Å². The number of benzene rings is 1. The van der Waals surface area contributed by atoms with Gasteiger partial charge in [0.2, 0.25) is 0 Å². The Morgan fingerprint density at radius 3 is 2.43 bits per heavy atom. The number of aliphatic imine (C=N–C) groups is 2. The summed E-state index contributed by atoms with van der Waals surface area (Å²) in [4.78, 5) is 7.92. The zero-order chi connectivity index (χ0) is 10.4. The van der Waals surface area contributed by atoms with Crippen LogP contribution in [0, 0.1) is 0 Å². The third-order valence-electron chi connectivity index (χ3n) is 1.80. The van der Waals surface area contributed by atoms with E-state index in [9.17, 15) is 0 Å². The zero-order valence-electron chi connectivity index (χ0n) is 8.69.